The molecular weight excluding hydrogens is 1630 g/mol. The molecule has 8 unspecified atom stereocenters. The predicted octanol–water partition coefficient (Wildman–Crippen LogP) is 9.86. The van der Waals surface area contributed by atoms with E-state index in [0.29, 0.717) is 43.1 Å². The number of unbranched alkanes of at least 4 members (excludes halogenated alkanes) is 1. The smallest absolute Gasteiger partial charge is 0.332 e. The van der Waals surface area contributed by atoms with Crippen molar-refractivity contribution < 1.29 is 115 Å². The number of hydrogen-bond acceptors (Lipinski definition) is 27. The number of benzene rings is 5. The Hall–Kier alpha value is -6.94. The Morgan fingerprint density at radius 1 is 0.658 bits per heavy atom. The second-order valence-electron chi connectivity index (χ2n) is 22.6. The molecule has 2 saturated heterocycles. The number of amides is 4. The zero-order valence-electron chi connectivity index (χ0n) is 62.5. The average molecular weight is 1730 g/mol. The Bertz CT molecular complexity index is 3620. The van der Waals surface area contributed by atoms with E-state index in [1.54, 1.807) is 109 Å². The highest BCUT2D eigenvalue weighted by molar-refractivity contribution is 7.81. The van der Waals surface area contributed by atoms with E-state index in [1.165, 1.54) is 37.6 Å². The van der Waals surface area contributed by atoms with E-state index < -0.39 is 118 Å². The summed E-state index contributed by atoms with van der Waals surface area (Å²) in [7, 11) is 2.71. The molecule has 111 heavy (non-hydrogen) atoms. The number of nitro groups is 1. The molecule has 3 heterocycles. The van der Waals surface area contributed by atoms with E-state index in [1.807, 2.05) is 53.7 Å². The minimum atomic E-state index is -2.48. The van der Waals surface area contributed by atoms with Gasteiger partial charge in [0.2, 0.25) is 11.8 Å². The standard InChI is InChI=1S/C8H12O2.C8H16O2.3C7H8O2S.C6H4ClNO4S.C6H8N2O3.C6H6O2S.C4H9NO.C4H11N.C4H4O2S2.C2H4O.CH4O3S.CH4/c1-8(2)4-6(9)3-7(10)5-8;1-3-5-6-7(4-2)8(9)10;3*1-6-2-4-7(5-3-6)10(8)9;7-5-2-1-4(13(11)12)3-6(5)8(9)10;1-7-4(9)3-5(10)8(2)6(7)11;7-9(8)6-4-2-1-3-5-6;1-3-6-4-2-5-1;1-3-5-4-2;5-8(6)4-2-1-3-7-4;1-2-3;2-1-5(3)4;/h3-5H2,1-2H3;7H,3-6H2,1-2H3,(H,9,10);3*2-5H,1H3,(H,8,9);1-3H,(H,11,12);3H2,1-2H3;1-5H,(H,7,8);5H,1-4H2;5H,3-4H2,1-2H3;1-3H,(H,5,6);2-3H,1H2;2H,1H2,(H,3,4);1H4/p-6. The van der Waals surface area contributed by atoms with Gasteiger partial charge < -0.3 is 67.4 Å². The lowest BCUT2D eigenvalue weighted by molar-refractivity contribution is -0.384. The first-order valence-corrected chi connectivity index (χ1v) is 41.6. The van der Waals surface area contributed by atoms with Crippen molar-refractivity contribution in [3.8, 4) is 0 Å². The number of aliphatic hydroxyl groups excluding tert-OH is 2. The number of carbonyl (C=O) groups excluding carboxylic acids is 6. The summed E-state index contributed by atoms with van der Waals surface area (Å²) in [4.78, 5) is 77.5. The van der Waals surface area contributed by atoms with Crippen molar-refractivity contribution in [2.45, 2.75) is 150 Å². The van der Waals surface area contributed by atoms with Gasteiger partial charge in [0.15, 0.2) is 22.2 Å². The lowest BCUT2D eigenvalue weighted by Crippen LogP contribution is -2.51. The molecule has 8 atom stereocenters. The monoisotopic (exact) mass is 1730 g/mol. The molecule has 40 heteroatoms. The molecule has 6 N–H and O–H groups in total. The fourth-order valence-corrected chi connectivity index (χ4v) is 10.7. The van der Waals surface area contributed by atoms with Gasteiger partial charge in [-0.3, -0.25) is 60.1 Å². The summed E-state index contributed by atoms with van der Waals surface area (Å²) in [6, 6.07) is 34.8. The Balaban J connectivity index is -0.000000369. The number of ketones is 2. The van der Waals surface area contributed by atoms with Gasteiger partial charge in [-0.05, 0) is 186 Å². The Kier molecular flexibility index (Phi) is 68.5. The van der Waals surface area contributed by atoms with Crippen molar-refractivity contribution in [1.29, 1.82) is 0 Å². The first-order chi connectivity index (χ1) is 51.6. The Morgan fingerprint density at radius 2 is 1.05 bits per heavy atom. The van der Waals surface area contributed by atoms with Gasteiger partial charge in [-0.25, -0.2) is 13.2 Å². The van der Waals surface area contributed by atoms with E-state index in [9.17, 15) is 87.5 Å². The number of rotatable bonds is 15. The summed E-state index contributed by atoms with van der Waals surface area (Å²) in [6.07, 6.45) is 5.37. The van der Waals surface area contributed by atoms with Gasteiger partial charge in [-0.2, -0.15) is 0 Å². The fraction of sp³-hybridized carbons (Fsp3) is 0.408. The molecule has 3 aliphatic rings. The fourth-order valence-electron chi connectivity index (χ4n) is 7.57. The summed E-state index contributed by atoms with van der Waals surface area (Å²) >= 11 is -7.94. The molecular formula is C71H100ClN5O26S8-6. The van der Waals surface area contributed by atoms with Gasteiger partial charge in [0.05, 0.1) is 44.8 Å². The number of nitrogens with one attached hydrogen (secondary N) is 2. The largest absolute Gasteiger partial charge is 0.771 e. The van der Waals surface area contributed by atoms with Crippen LogP contribution < -0.4 is 15.7 Å². The molecule has 4 amide bonds. The van der Waals surface area contributed by atoms with Crippen LogP contribution in [0.25, 0.3) is 0 Å². The molecule has 0 spiro atoms. The number of aliphatic carboxylic acids is 1. The molecule has 1 aliphatic carbocycles. The van der Waals surface area contributed by atoms with Crippen LogP contribution in [0.5, 0.6) is 0 Å². The van der Waals surface area contributed by atoms with Gasteiger partial charge in [0.25, 0.3) is 5.69 Å². The maximum atomic E-state index is 11.0. The number of morpholine rings is 1. The minimum Gasteiger partial charge on any atom is -0.771 e. The van der Waals surface area contributed by atoms with Crippen molar-refractivity contribution in [1.82, 2.24) is 20.4 Å². The van der Waals surface area contributed by atoms with E-state index in [-0.39, 0.29) is 53.1 Å². The summed E-state index contributed by atoms with van der Waals surface area (Å²) < 4.78 is 144. The quantitative estimate of drug-likeness (QED) is 0.0183. The van der Waals surface area contributed by atoms with Crippen LogP contribution in [0, 0.1) is 42.2 Å². The van der Waals surface area contributed by atoms with Crippen LogP contribution in [-0.4, -0.2) is 181 Å². The van der Waals surface area contributed by atoms with Gasteiger partial charge in [0, 0.05) is 66.7 Å². The van der Waals surface area contributed by atoms with Crippen molar-refractivity contribution in [2.24, 2.45) is 11.3 Å². The second-order valence-corrected chi connectivity index (χ2v) is 30.8. The van der Waals surface area contributed by atoms with Gasteiger partial charge >= 0.3 is 6.03 Å². The number of thiophene rings is 1. The van der Waals surface area contributed by atoms with Crippen LogP contribution in [0.15, 0.2) is 180 Å². The minimum absolute atomic E-state index is 0. The number of hydrogen-bond donors (Lipinski definition) is 6. The van der Waals surface area contributed by atoms with Crippen molar-refractivity contribution in [2.75, 3.05) is 59.4 Å². The number of aryl methyl sites for hydroxylation is 3. The number of urea groups is 1. The van der Waals surface area contributed by atoms with E-state index >= 15 is 0 Å². The lowest BCUT2D eigenvalue weighted by Gasteiger charge is -2.26. The normalized spacial score (nSPS) is 14.8. The van der Waals surface area contributed by atoms with Crippen molar-refractivity contribution in [3.05, 3.63) is 184 Å². The van der Waals surface area contributed by atoms with Crippen LogP contribution in [-0.2, 0) is 106 Å². The zero-order chi connectivity index (χ0) is 85.1. The number of nitrogens with zero attached hydrogens (tertiary/aromatic N) is 3. The van der Waals surface area contributed by atoms with E-state index in [0.717, 1.165) is 97.5 Å². The first-order valence-electron chi connectivity index (χ1n) is 32.6. The van der Waals surface area contributed by atoms with Gasteiger partial charge in [-0.1, -0.05) is 157 Å². The summed E-state index contributed by atoms with van der Waals surface area (Å²) in [5.41, 5.74) is 2.73. The molecule has 1 saturated carbocycles. The molecule has 626 valence electrons. The van der Waals surface area contributed by atoms with E-state index in [4.69, 9.17) is 44.4 Å². The van der Waals surface area contributed by atoms with Crippen LogP contribution in [0.2, 0.25) is 5.02 Å². The first kappa shape index (κ1) is 113. The number of carboxylic acid groups (broad SMARTS) is 1. The lowest BCUT2D eigenvalue weighted by atomic mass is 9.76. The van der Waals surface area contributed by atoms with Crippen LogP contribution in [0.4, 0.5) is 10.5 Å². The van der Waals surface area contributed by atoms with Gasteiger partial charge in [-0.15, -0.1) is 11.3 Å². The maximum absolute atomic E-state index is 11.0. The number of aliphatic hydroxyl groups is 2. The molecule has 1 aromatic heterocycles. The average Bonchev–Trinajstić information content (AvgIpc) is 0.879. The number of nitro benzene ring substituents is 1. The molecule has 9 rings (SSSR count). The highest BCUT2D eigenvalue weighted by Gasteiger charge is 2.33. The Morgan fingerprint density at radius 3 is 1.30 bits per heavy atom. The second kappa shape index (κ2) is 67.6. The molecule has 3 fully saturated rings. The summed E-state index contributed by atoms with van der Waals surface area (Å²) in [6.45, 7) is 26.8. The third-order valence-corrected chi connectivity index (χ3v) is 18.8. The SMILES string of the molecule is C.C1COCCN1.C=CO.CC1(C)CC(=O)CC(=O)C1.CCCCC(CC)C(=O)[O-].CCNCC.CN1C(=O)CC(=O)N(C)C1=O.Cc1ccc(S(=O)O)cc1.Cc1ccc(S(=O)[O-])cc1.Cc1ccc(S(=O)[O-])cc1.O=S(O)c1ccccc1.O=S([O-])CO.O=S([O-])c1cccs1.O=[N+]([O-])c1cc(S(=O)[O-])ccc1Cl. The van der Waals surface area contributed by atoms with Crippen LogP contribution in [0.3, 0.4) is 0 Å². The van der Waals surface area contributed by atoms with E-state index in [2.05, 4.69) is 38.0 Å². The third-order valence-electron chi connectivity index (χ3n) is 13.1. The molecule has 31 nitrogen and oxygen atoms in total. The highest BCUT2D eigenvalue weighted by atomic mass is 35.5. The van der Waals surface area contributed by atoms with Gasteiger partial charge in [0.1, 0.15) is 28.9 Å². The number of halogens is 1. The number of imide groups is 2. The molecule has 5 aromatic carbocycles. The highest BCUT2D eigenvalue weighted by Crippen LogP contribution is 2.31. The maximum Gasteiger partial charge on any atom is 0.332 e. The topological polar surface area (TPSA) is 524 Å². The number of Topliss-reactive ketones (excluding diaryl/α,β-unsaturated/α-hetero) is 2. The molecule has 2 aliphatic heterocycles. The van der Waals surface area contributed by atoms with Crippen LogP contribution in [0.1, 0.15) is 117 Å². The zero-order valence-corrected chi connectivity index (χ0v) is 69.8. The molecule has 0 radical (unpaired) electrons. The summed E-state index contributed by atoms with van der Waals surface area (Å²) in [5.74, 6) is -2.59. The number of ether oxygens (including phenoxy) is 1. The third kappa shape index (κ3) is 59.5. The van der Waals surface area contributed by atoms with Crippen molar-refractivity contribution in [3.63, 3.8) is 0 Å². The molecule has 0 bridgehead atoms. The van der Waals surface area contributed by atoms with Crippen LogP contribution >= 0.6 is 22.9 Å². The molecule has 6 aromatic rings. The summed E-state index contributed by atoms with van der Waals surface area (Å²) in [5, 5.41) is 43.4. The predicted molar refractivity (Wildman–Crippen MR) is 424 cm³/mol. The Labute approximate surface area is 676 Å². The number of carbonyl (C=O) groups is 6. The number of carboxylic acids is 1. The van der Waals surface area contributed by atoms with Crippen molar-refractivity contribution >= 4 is 142 Å². The number of barbiturate groups is 1.